The van der Waals surface area contributed by atoms with Gasteiger partial charge in [0.1, 0.15) is 5.82 Å². The Balaban J connectivity index is 1.98. The first-order valence-electron chi connectivity index (χ1n) is 5.75. The molecular weight excluding hydrogens is 189 g/mol. The minimum atomic E-state index is -0.143. The van der Waals surface area contributed by atoms with Crippen molar-refractivity contribution in [1.82, 2.24) is 0 Å². The number of hydrogen-bond donors (Lipinski definition) is 1. The Labute approximate surface area is 90.5 Å². The monoisotopic (exact) mass is 207 g/mol. The van der Waals surface area contributed by atoms with E-state index < -0.39 is 0 Å². The smallest absolute Gasteiger partial charge is 0.123 e. The van der Waals surface area contributed by atoms with Gasteiger partial charge < -0.3 is 5.73 Å². The highest BCUT2D eigenvalue weighted by molar-refractivity contribution is 5.21. The normalized spacial score (nSPS) is 25.7. The third-order valence-corrected chi connectivity index (χ3v) is 3.46. The first-order valence-corrected chi connectivity index (χ1v) is 5.75. The molecule has 0 bridgehead atoms. The number of rotatable bonds is 3. The van der Waals surface area contributed by atoms with Gasteiger partial charge in [0.15, 0.2) is 0 Å². The van der Waals surface area contributed by atoms with Crippen LogP contribution >= 0.6 is 0 Å². The summed E-state index contributed by atoms with van der Waals surface area (Å²) in [5, 5.41) is 0. The van der Waals surface area contributed by atoms with Crippen molar-refractivity contribution in [3.05, 3.63) is 35.6 Å². The van der Waals surface area contributed by atoms with E-state index in [-0.39, 0.29) is 5.82 Å². The fourth-order valence-corrected chi connectivity index (χ4v) is 2.61. The van der Waals surface area contributed by atoms with Crippen LogP contribution in [0.3, 0.4) is 0 Å². The minimum absolute atomic E-state index is 0.143. The van der Waals surface area contributed by atoms with Crippen LogP contribution in [0.4, 0.5) is 4.39 Å². The second-order valence-electron chi connectivity index (χ2n) is 4.50. The number of benzene rings is 1. The molecule has 2 atom stereocenters. The van der Waals surface area contributed by atoms with Crippen molar-refractivity contribution in [2.24, 2.45) is 11.7 Å². The second kappa shape index (κ2) is 4.75. The quantitative estimate of drug-likeness (QED) is 0.810. The van der Waals surface area contributed by atoms with Gasteiger partial charge in [-0.3, -0.25) is 0 Å². The molecule has 1 aromatic rings. The molecule has 0 aliphatic heterocycles. The van der Waals surface area contributed by atoms with Gasteiger partial charge in [-0.05, 0) is 61.8 Å². The maximum Gasteiger partial charge on any atom is 0.123 e. The van der Waals surface area contributed by atoms with Crippen LogP contribution in [-0.2, 0) is 0 Å². The molecule has 1 fully saturated rings. The van der Waals surface area contributed by atoms with Gasteiger partial charge >= 0.3 is 0 Å². The summed E-state index contributed by atoms with van der Waals surface area (Å²) in [6.45, 7) is 0.792. The van der Waals surface area contributed by atoms with Gasteiger partial charge in [0.05, 0.1) is 0 Å². The minimum Gasteiger partial charge on any atom is -0.330 e. The first-order chi connectivity index (χ1) is 7.29. The van der Waals surface area contributed by atoms with Crippen molar-refractivity contribution in [3.63, 3.8) is 0 Å². The van der Waals surface area contributed by atoms with Crippen molar-refractivity contribution in [1.29, 1.82) is 0 Å². The molecule has 0 radical (unpaired) electrons. The zero-order valence-electron chi connectivity index (χ0n) is 8.95. The van der Waals surface area contributed by atoms with Gasteiger partial charge in [-0.2, -0.15) is 0 Å². The van der Waals surface area contributed by atoms with E-state index in [1.807, 2.05) is 12.1 Å². The number of hydrogen-bond acceptors (Lipinski definition) is 1. The average molecular weight is 207 g/mol. The Kier molecular flexibility index (Phi) is 3.37. The van der Waals surface area contributed by atoms with E-state index in [0.717, 1.165) is 18.9 Å². The van der Waals surface area contributed by atoms with Crippen LogP contribution in [0.15, 0.2) is 24.3 Å². The molecule has 0 aromatic heterocycles. The highest BCUT2D eigenvalue weighted by atomic mass is 19.1. The maximum atomic E-state index is 12.8. The molecule has 1 nitrogen and oxygen atoms in total. The summed E-state index contributed by atoms with van der Waals surface area (Å²) in [6, 6.07) is 6.97. The summed E-state index contributed by atoms with van der Waals surface area (Å²) in [4.78, 5) is 0. The lowest BCUT2D eigenvalue weighted by molar-refractivity contribution is 0.503. The molecule has 2 unspecified atom stereocenters. The summed E-state index contributed by atoms with van der Waals surface area (Å²) >= 11 is 0. The zero-order chi connectivity index (χ0) is 10.7. The fourth-order valence-electron chi connectivity index (χ4n) is 2.61. The SMILES string of the molecule is NCCC1CCC(c2ccc(F)cc2)C1. The third-order valence-electron chi connectivity index (χ3n) is 3.46. The first kappa shape index (κ1) is 10.6. The lowest BCUT2D eigenvalue weighted by atomic mass is 9.95. The second-order valence-corrected chi connectivity index (χ2v) is 4.50. The van der Waals surface area contributed by atoms with Crippen LogP contribution in [0, 0.1) is 11.7 Å². The predicted octanol–water partition coefficient (Wildman–Crippen LogP) is 3.06. The van der Waals surface area contributed by atoms with Gasteiger partial charge in [-0.15, -0.1) is 0 Å². The van der Waals surface area contributed by atoms with Gasteiger partial charge in [-0.25, -0.2) is 4.39 Å². The third kappa shape index (κ3) is 2.57. The standard InChI is InChI=1S/C13H18FN/c14-13-5-3-11(4-6-13)12-2-1-10(9-12)7-8-15/h3-6,10,12H,1-2,7-9,15H2. The zero-order valence-corrected chi connectivity index (χ0v) is 8.95. The van der Waals surface area contributed by atoms with Crippen LogP contribution in [0.1, 0.15) is 37.2 Å². The van der Waals surface area contributed by atoms with Crippen molar-refractivity contribution in [2.45, 2.75) is 31.6 Å². The van der Waals surface area contributed by atoms with Crippen LogP contribution in [0.2, 0.25) is 0 Å². The van der Waals surface area contributed by atoms with Crippen molar-refractivity contribution in [3.8, 4) is 0 Å². The largest absolute Gasteiger partial charge is 0.330 e. The molecule has 15 heavy (non-hydrogen) atoms. The highest BCUT2D eigenvalue weighted by Crippen LogP contribution is 2.39. The molecule has 0 heterocycles. The van der Waals surface area contributed by atoms with E-state index in [1.54, 1.807) is 12.1 Å². The van der Waals surface area contributed by atoms with Crippen molar-refractivity contribution < 1.29 is 4.39 Å². The molecule has 2 rings (SSSR count). The van der Waals surface area contributed by atoms with Crippen LogP contribution in [-0.4, -0.2) is 6.54 Å². The maximum absolute atomic E-state index is 12.8. The summed E-state index contributed by atoms with van der Waals surface area (Å²) < 4.78 is 12.8. The Bertz CT molecular complexity index is 307. The molecule has 1 saturated carbocycles. The number of halogens is 1. The summed E-state index contributed by atoms with van der Waals surface area (Å²) in [7, 11) is 0. The van der Waals surface area contributed by atoms with Crippen LogP contribution in [0.5, 0.6) is 0 Å². The van der Waals surface area contributed by atoms with E-state index in [9.17, 15) is 4.39 Å². The van der Waals surface area contributed by atoms with E-state index in [0.29, 0.717) is 5.92 Å². The summed E-state index contributed by atoms with van der Waals surface area (Å²) in [5.41, 5.74) is 6.85. The van der Waals surface area contributed by atoms with Crippen LogP contribution in [0.25, 0.3) is 0 Å². The predicted molar refractivity (Wildman–Crippen MR) is 60.2 cm³/mol. The van der Waals surface area contributed by atoms with E-state index in [4.69, 9.17) is 5.73 Å². The molecule has 1 aliphatic rings. The molecule has 82 valence electrons. The molecule has 0 spiro atoms. The lowest BCUT2D eigenvalue weighted by Gasteiger charge is -2.10. The Morgan fingerprint density at radius 2 is 1.93 bits per heavy atom. The Morgan fingerprint density at radius 3 is 2.60 bits per heavy atom. The molecule has 1 aromatic carbocycles. The van der Waals surface area contributed by atoms with Crippen molar-refractivity contribution >= 4 is 0 Å². The van der Waals surface area contributed by atoms with E-state index in [1.165, 1.54) is 24.8 Å². The van der Waals surface area contributed by atoms with E-state index >= 15 is 0 Å². The molecule has 0 amide bonds. The molecular formula is C13H18FN. The summed E-state index contributed by atoms with van der Waals surface area (Å²) in [5.74, 6) is 1.27. The number of nitrogens with two attached hydrogens (primary N) is 1. The summed E-state index contributed by atoms with van der Waals surface area (Å²) in [6.07, 6.45) is 4.87. The Hall–Kier alpha value is -0.890. The highest BCUT2D eigenvalue weighted by Gasteiger charge is 2.24. The lowest BCUT2D eigenvalue weighted by Crippen LogP contribution is -2.05. The van der Waals surface area contributed by atoms with Gasteiger partial charge in [0.25, 0.3) is 0 Å². The molecule has 0 saturated heterocycles. The average Bonchev–Trinajstić information content (AvgIpc) is 2.68. The Morgan fingerprint density at radius 1 is 1.20 bits per heavy atom. The van der Waals surface area contributed by atoms with Crippen LogP contribution < -0.4 is 5.73 Å². The molecule has 2 heteroatoms. The van der Waals surface area contributed by atoms with E-state index in [2.05, 4.69) is 0 Å². The van der Waals surface area contributed by atoms with Gasteiger partial charge in [-0.1, -0.05) is 12.1 Å². The molecule has 1 aliphatic carbocycles. The van der Waals surface area contributed by atoms with Gasteiger partial charge in [0, 0.05) is 0 Å². The fraction of sp³-hybridized carbons (Fsp3) is 0.538. The molecule has 2 N–H and O–H groups in total. The topological polar surface area (TPSA) is 26.0 Å². The van der Waals surface area contributed by atoms with Gasteiger partial charge in [0.2, 0.25) is 0 Å². The van der Waals surface area contributed by atoms with Crippen molar-refractivity contribution in [2.75, 3.05) is 6.54 Å².